The summed E-state index contributed by atoms with van der Waals surface area (Å²) in [5.74, 6) is -1.91. The molecule has 2 aromatic heterocycles. The average molecular weight is 440 g/mol. The van der Waals surface area contributed by atoms with Crippen LogP contribution in [-0.4, -0.2) is 40.5 Å². The molecule has 0 bridgehead atoms. The van der Waals surface area contributed by atoms with Gasteiger partial charge in [-0.2, -0.15) is 5.26 Å². The molecule has 0 aliphatic rings. The number of nitrogens with one attached hydrogen (secondary N) is 1. The number of H-pyrrole nitrogens is 1. The van der Waals surface area contributed by atoms with Gasteiger partial charge >= 0.3 is 11.9 Å². The molecule has 170 valence electrons. The molecular formula is C24H29N3O5. The van der Waals surface area contributed by atoms with Crippen LogP contribution >= 0.6 is 0 Å². The Hall–Kier alpha value is -3.60. The van der Waals surface area contributed by atoms with Crippen LogP contribution in [0, 0.1) is 39.0 Å². The van der Waals surface area contributed by atoms with Crippen LogP contribution in [0.15, 0.2) is 11.6 Å². The van der Waals surface area contributed by atoms with Gasteiger partial charge in [0.2, 0.25) is 5.78 Å². The highest BCUT2D eigenvalue weighted by Gasteiger charge is 2.24. The summed E-state index contributed by atoms with van der Waals surface area (Å²) < 4.78 is 12.2. The molecule has 2 rings (SSSR count). The van der Waals surface area contributed by atoms with E-state index in [0.29, 0.717) is 11.3 Å². The molecule has 32 heavy (non-hydrogen) atoms. The Morgan fingerprint density at radius 2 is 1.84 bits per heavy atom. The molecular weight excluding hydrogens is 410 g/mol. The van der Waals surface area contributed by atoms with Gasteiger partial charge in [0.25, 0.3) is 0 Å². The lowest BCUT2D eigenvalue weighted by Gasteiger charge is -2.07. The summed E-state index contributed by atoms with van der Waals surface area (Å²) in [5.41, 5.74) is 3.92. The summed E-state index contributed by atoms with van der Waals surface area (Å²) in [6.07, 6.45) is 2.44. The number of nitriles is 1. The lowest BCUT2D eigenvalue weighted by molar-refractivity contribution is -0.137. The van der Waals surface area contributed by atoms with E-state index < -0.39 is 24.3 Å². The highest BCUT2D eigenvalue weighted by molar-refractivity contribution is 6.05. The van der Waals surface area contributed by atoms with E-state index in [4.69, 9.17) is 9.47 Å². The summed E-state index contributed by atoms with van der Waals surface area (Å²) in [5, 5.41) is 9.45. The van der Waals surface area contributed by atoms with Crippen LogP contribution in [0.3, 0.4) is 0 Å². The number of nitrogens with zero attached hydrogens (tertiary/aromatic N) is 2. The van der Waals surface area contributed by atoms with E-state index in [2.05, 4.69) is 16.5 Å². The normalized spacial score (nSPS) is 11.2. The van der Waals surface area contributed by atoms with Crippen molar-refractivity contribution < 1.29 is 23.9 Å². The van der Waals surface area contributed by atoms with Gasteiger partial charge in [-0.3, -0.25) is 4.79 Å². The van der Waals surface area contributed by atoms with Crippen molar-refractivity contribution in [3.05, 3.63) is 51.1 Å². The van der Waals surface area contributed by atoms with Crippen molar-refractivity contribution in [2.45, 2.75) is 54.5 Å². The Kier molecular flexibility index (Phi) is 8.19. The molecule has 0 aliphatic heterocycles. The number of hydrogen-bond acceptors (Lipinski definition) is 6. The van der Waals surface area contributed by atoms with E-state index in [1.54, 1.807) is 20.8 Å². The van der Waals surface area contributed by atoms with Crippen LogP contribution in [0.25, 0.3) is 6.08 Å². The summed E-state index contributed by atoms with van der Waals surface area (Å²) in [6, 6.07) is 3.76. The van der Waals surface area contributed by atoms with Gasteiger partial charge in [0.05, 0.1) is 6.61 Å². The van der Waals surface area contributed by atoms with Gasteiger partial charge in [-0.05, 0) is 64.3 Å². The molecule has 0 aromatic carbocycles. The number of carbonyl (C=O) groups excluding carboxylic acids is 3. The van der Waals surface area contributed by atoms with E-state index in [1.807, 2.05) is 26.0 Å². The van der Waals surface area contributed by atoms with Gasteiger partial charge in [-0.1, -0.05) is 6.92 Å². The number of aryl methyl sites for hydroxylation is 2. The van der Waals surface area contributed by atoms with Crippen molar-refractivity contribution in [3.8, 4) is 6.07 Å². The zero-order valence-electron chi connectivity index (χ0n) is 19.4. The first-order valence-corrected chi connectivity index (χ1v) is 10.5. The summed E-state index contributed by atoms with van der Waals surface area (Å²) in [7, 11) is 0. The van der Waals surface area contributed by atoms with E-state index >= 15 is 0 Å². The monoisotopic (exact) mass is 439 g/mol. The standard InChI is InChI=1S/C24H29N3O5/c1-7-9-27-14(3)10-18(17(27)6)11-19(12-25)23(29)32-13-20(28)21-15(4)22(26-16(21)5)24(30)31-8-2/h10-11,26H,7-9,13H2,1-6H3/b19-11+. The van der Waals surface area contributed by atoms with Crippen LogP contribution in [0.2, 0.25) is 0 Å². The number of ether oxygens (including phenoxy) is 2. The number of aromatic nitrogens is 2. The van der Waals surface area contributed by atoms with Crippen LogP contribution in [0.5, 0.6) is 0 Å². The van der Waals surface area contributed by atoms with Crippen molar-refractivity contribution in [1.29, 1.82) is 5.26 Å². The van der Waals surface area contributed by atoms with E-state index in [-0.39, 0.29) is 23.4 Å². The lowest BCUT2D eigenvalue weighted by atomic mass is 10.1. The van der Waals surface area contributed by atoms with Gasteiger partial charge < -0.3 is 19.0 Å². The van der Waals surface area contributed by atoms with Crippen LogP contribution in [-0.2, 0) is 20.8 Å². The fraction of sp³-hybridized carbons (Fsp3) is 0.417. The van der Waals surface area contributed by atoms with E-state index in [9.17, 15) is 19.6 Å². The molecule has 0 radical (unpaired) electrons. The smallest absolute Gasteiger partial charge is 0.355 e. The molecule has 2 aromatic rings. The van der Waals surface area contributed by atoms with Crippen LogP contribution < -0.4 is 0 Å². The van der Waals surface area contributed by atoms with Crippen molar-refractivity contribution in [2.75, 3.05) is 13.2 Å². The Morgan fingerprint density at radius 1 is 1.16 bits per heavy atom. The molecule has 8 heteroatoms. The maximum Gasteiger partial charge on any atom is 0.355 e. The Labute approximate surface area is 187 Å². The maximum absolute atomic E-state index is 12.7. The van der Waals surface area contributed by atoms with Gasteiger partial charge in [-0.25, -0.2) is 9.59 Å². The third-order valence-electron chi connectivity index (χ3n) is 5.23. The lowest BCUT2D eigenvalue weighted by Crippen LogP contribution is -2.16. The zero-order valence-corrected chi connectivity index (χ0v) is 19.4. The highest BCUT2D eigenvalue weighted by atomic mass is 16.5. The molecule has 1 N–H and O–H groups in total. The maximum atomic E-state index is 12.7. The minimum absolute atomic E-state index is 0.190. The fourth-order valence-corrected chi connectivity index (χ4v) is 3.69. The van der Waals surface area contributed by atoms with Crippen LogP contribution in [0.4, 0.5) is 0 Å². The highest BCUT2D eigenvalue weighted by Crippen LogP contribution is 2.21. The molecule has 0 spiro atoms. The quantitative estimate of drug-likeness (QED) is 0.274. The molecule has 0 amide bonds. The second-order valence-corrected chi connectivity index (χ2v) is 7.49. The van der Waals surface area contributed by atoms with E-state index in [1.165, 1.54) is 6.08 Å². The number of carbonyl (C=O) groups is 3. The molecule has 0 aliphatic carbocycles. The third kappa shape index (κ3) is 5.17. The Balaban J connectivity index is 2.17. The van der Waals surface area contributed by atoms with Gasteiger partial charge in [0.1, 0.15) is 17.3 Å². The second kappa shape index (κ2) is 10.6. The van der Waals surface area contributed by atoms with Crippen molar-refractivity contribution in [1.82, 2.24) is 9.55 Å². The molecule has 8 nitrogen and oxygen atoms in total. The van der Waals surface area contributed by atoms with Crippen molar-refractivity contribution in [2.24, 2.45) is 0 Å². The SMILES string of the molecule is CCCn1c(C)cc(/C=C(\C#N)C(=O)OCC(=O)c2c(C)[nH]c(C(=O)OCC)c2C)c1C. The molecule has 0 saturated heterocycles. The number of ketones is 1. The number of Topliss-reactive ketones (excluding diaryl/α,β-unsaturated/α-hetero) is 1. The van der Waals surface area contributed by atoms with E-state index in [0.717, 1.165) is 29.9 Å². The topological polar surface area (TPSA) is 114 Å². The van der Waals surface area contributed by atoms with Crippen molar-refractivity contribution in [3.63, 3.8) is 0 Å². The number of aromatic amines is 1. The van der Waals surface area contributed by atoms with Crippen molar-refractivity contribution >= 4 is 23.8 Å². The largest absolute Gasteiger partial charge is 0.461 e. The molecule has 0 atom stereocenters. The Morgan fingerprint density at radius 3 is 2.44 bits per heavy atom. The third-order valence-corrected chi connectivity index (χ3v) is 5.23. The minimum Gasteiger partial charge on any atom is -0.461 e. The van der Waals surface area contributed by atoms with Gasteiger partial charge in [0, 0.05) is 29.2 Å². The predicted octanol–water partition coefficient (Wildman–Crippen LogP) is 3.97. The first kappa shape index (κ1) is 24.7. The molecule has 2 heterocycles. The van der Waals surface area contributed by atoms with Crippen LogP contribution in [0.1, 0.15) is 69.3 Å². The predicted molar refractivity (Wildman–Crippen MR) is 119 cm³/mol. The molecule has 0 saturated carbocycles. The fourth-order valence-electron chi connectivity index (χ4n) is 3.69. The molecule has 0 unspecified atom stereocenters. The Bertz CT molecular complexity index is 1110. The number of rotatable bonds is 9. The van der Waals surface area contributed by atoms with Gasteiger partial charge in [0.15, 0.2) is 6.61 Å². The number of esters is 2. The summed E-state index contributed by atoms with van der Waals surface area (Å²) in [6.45, 7) is 11.4. The minimum atomic E-state index is -0.877. The molecule has 0 fully saturated rings. The average Bonchev–Trinajstić information content (AvgIpc) is 3.20. The second-order valence-electron chi connectivity index (χ2n) is 7.49. The summed E-state index contributed by atoms with van der Waals surface area (Å²) in [4.78, 5) is 40.0. The number of hydrogen-bond donors (Lipinski definition) is 1. The first-order chi connectivity index (χ1) is 15.2. The summed E-state index contributed by atoms with van der Waals surface area (Å²) >= 11 is 0. The zero-order chi connectivity index (χ0) is 24.0. The van der Waals surface area contributed by atoms with Gasteiger partial charge in [-0.15, -0.1) is 0 Å². The first-order valence-electron chi connectivity index (χ1n) is 10.5.